The Morgan fingerprint density at radius 3 is 2.79 bits per heavy atom. The molecule has 2 heterocycles. The topological polar surface area (TPSA) is 97.6 Å². The van der Waals surface area contributed by atoms with Gasteiger partial charge in [0.1, 0.15) is 5.02 Å². The molecule has 0 radical (unpaired) electrons. The zero-order valence-electron chi connectivity index (χ0n) is 14.6. The van der Waals surface area contributed by atoms with E-state index in [9.17, 15) is 14.9 Å². The minimum Gasteiger partial charge on any atom is -0.378 e. The van der Waals surface area contributed by atoms with Gasteiger partial charge in [-0.15, -0.1) is 0 Å². The van der Waals surface area contributed by atoms with Crippen molar-refractivity contribution >= 4 is 55.6 Å². The molecule has 1 amide bonds. The van der Waals surface area contributed by atoms with E-state index in [0.29, 0.717) is 18.3 Å². The van der Waals surface area contributed by atoms with E-state index in [-0.39, 0.29) is 16.3 Å². The number of anilines is 2. The normalized spacial score (nSPS) is 14.2. The number of nitrogens with zero attached hydrogens (tertiary/aromatic N) is 3. The van der Waals surface area contributed by atoms with Crippen LogP contribution < -0.4 is 10.2 Å². The highest BCUT2D eigenvalue weighted by Crippen LogP contribution is 2.31. The summed E-state index contributed by atoms with van der Waals surface area (Å²) in [4.78, 5) is 29.5. The van der Waals surface area contributed by atoms with Crippen molar-refractivity contribution in [1.29, 1.82) is 0 Å². The molecule has 0 spiro atoms. The van der Waals surface area contributed by atoms with Gasteiger partial charge in [-0.3, -0.25) is 20.2 Å². The standard InChI is InChI=1S/C18H15ClN4O4S/c19-13-3-1-11(9-15(13)23(25)26)17(24)21-18-20-14-4-2-12(10-16(14)28-18)22-5-7-27-8-6-22/h1-4,9-10H,5-8H2,(H,20,21,24). The molecule has 0 atom stereocenters. The summed E-state index contributed by atoms with van der Waals surface area (Å²) in [5.41, 5.74) is 1.70. The molecule has 3 aromatic rings. The summed E-state index contributed by atoms with van der Waals surface area (Å²) >= 11 is 7.14. The summed E-state index contributed by atoms with van der Waals surface area (Å²) in [6.45, 7) is 3.08. The maximum absolute atomic E-state index is 12.5. The summed E-state index contributed by atoms with van der Waals surface area (Å²) in [7, 11) is 0. The Labute approximate surface area is 168 Å². The molecule has 0 bridgehead atoms. The molecular weight excluding hydrogens is 404 g/mol. The number of morpholine rings is 1. The van der Waals surface area contributed by atoms with Crippen LogP contribution in [0.1, 0.15) is 10.4 Å². The maximum atomic E-state index is 12.5. The lowest BCUT2D eigenvalue weighted by Crippen LogP contribution is -2.36. The summed E-state index contributed by atoms with van der Waals surface area (Å²) in [5, 5.41) is 14.1. The lowest BCUT2D eigenvalue weighted by Gasteiger charge is -2.28. The third-order valence-corrected chi connectivity index (χ3v) is 5.63. The zero-order valence-corrected chi connectivity index (χ0v) is 16.1. The van der Waals surface area contributed by atoms with E-state index in [1.807, 2.05) is 18.2 Å². The molecule has 8 nitrogen and oxygen atoms in total. The number of benzene rings is 2. The Bertz CT molecular complexity index is 1060. The number of ether oxygens (including phenoxy) is 1. The number of nitro groups is 1. The van der Waals surface area contributed by atoms with Crippen molar-refractivity contribution in [2.45, 2.75) is 0 Å². The Kier molecular flexibility index (Phi) is 5.12. The molecule has 1 aliphatic rings. The van der Waals surface area contributed by atoms with Gasteiger partial charge in [0.2, 0.25) is 0 Å². The highest BCUT2D eigenvalue weighted by atomic mass is 35.5. The van der Waals surface area contributed by atoms with Crippen LogP contribution in [-0.4, -0.2) is 42.1 Å². The van der Waals surface area contributed by atoms with Crippen LogP contribution in [0.3, 0.4) is 0 Å². The van der Waals surface area contributed by atoms with E-state index < -0.39 is 10.8 Å². The van der Waals surface area contributed by atoms with Crippen LogP contribution in [0.4, 0.5) is 16.5 Å². The number of thiazole rings is 1. The van der Waals surface area contributed by atoms with E-state index >= 15 is 0 Å². The quantitative estimate of drug-likeness (QED) is 0.509. The second-order valence-corrected chi connectivity index (χ2v) is 7.59. The molecule has 0 unspecified atom stereocenters. The van der Waals surface area contributed by atoms with Gasteiger partial charge in [-0.2, -0.15) is 0 Å². The third-order valence-electron chi connectivity index (χ3n) is 4.37. The van der Waals surface area contributed by atoms with Crippen LogP contribution >= 0.6 is 22.9 Å². The predicted octanol–water partition coefficient (Wildman–Crippen LogP) is 3.95. The number of fused-ring (bicyclic) bond motifs is 1. The molecule has 144 valence electrons. The number of hydrogen-bond acceptors (Lipinski definition) is 7. The Morgan fingerprint density at radius 2 is 2.04 bits per heavy atom. The molecule has 1 aromatic heterocycles. The van der Waals surface area contributed by atoms with Crippen LogP contribution in [0.2, 0.25) is 5.02 Å². The SMILES string of the molecule is O=C(Nc1nc2ccc(N3CCOCC3)cc2s1)c1ccc(Cl)c([N+](=O)[O-])c1. The number of nitro benzene ring substituents is 1. The highest BCUT2D eigenvalue weighted by Gasteiger charge is 2.18. The van der Waals surface area contributed by atoms with Crippen molar-refractivity contribution in [3.63, 3.8) is 0 Å². The monoisotopic (exact) mass is 418 g/mol. The fraction of sp³-hybridized carbons (Fsp3) is 0.222. The van der Waals surface area contributed by atoms with Gasteiger partial charge in [0.25, 0.3) is 11.6 Å². The first-order valence-electron chi connectivity index (χ1n) is 8.50. The van der Waals surface area contributed by atoms with Crippen LogP contribution in [0.25, 0.3) is 10.2 Å². The van der Waals surface area contributed by atoms with Gasteiger partial charge < -0.3 is 9.64 Å². The van der Waals surface area contributed by atoms with Crippen LogP contribution in [0.5, 0.6) is 0 Å². The average molecular weight is 419 g/mol. The van der Waals surface area contributed by atoms with Crippen LogP contribution in [-0.2, 0) is 4.74 Å². The number of halogens is 1. The average Bonchev–Trinajstić information content (AvgIpc) is 3.10. The van der Waals surface area contributed by atoms with Crippen molar-refractivity contribution in [3.05, 3.63) is 57.1 Å². The van der Waals surface area contributed by atoms with Gasteiger partial charge in [-0.05, 0) is 30.3 Å². The smallest absolute Gasteiger partial charge is 0.288 e. The van der Waals surface area contributed by atoms with Crippen molar-refractivity contribution < 1.29 is 14.5 Å². The summed E-state index contributed by atoms with van der Waals surface area (Å²) < 4.78 is 6.33. The molecule has 1 aliphatic heterocycles. The molecule has 0 saturated carbocycles. The first-order valence-corrected chi connectivity index (χ1v) is 9.69. The summed E-state index contributed by atoms with van der Waals surface area (Å²) in [5.74, 6) is -0.479. The molecular formula is C18H15ClN4O4S. The predicted molar refractivity (Wildman–Crippen MR) is 109 cm³/mol. The lowest BCUT2D eigenvalue weighted by molar-refractivity contribution is -0.384. The number of aromatic nitrogens is 1. The summed E-state index contributed by atoms with van der Waals surface area (Å²) in [6.07, 6.45) is 0. The van der Waals surface area contributed by atoms with Crippen LogP contribution in [0, 0.1) is 10.1 Å². The Morgan fingerprint density at radius 1 is 1.25 bits per heavy atom. The first kappa shape index (κ1) is 18.6. The Hall–Kier alpha value is -2.75. The molecule has 28 heavy (non-hydrogen) atoms. The fourth-order valence-corrected chi connectivity index (χ4v) is 4.03. The molecule has 2 aromatic carbocycles. The summed E-state index contributed by atoms with van der Waals surface area (Å²) in [6, 6.07) is 9.89. The van der Waals surface area contributed by atoms with E-state index in [1.165, 1.54) is 23.5 Å². The number of hydrogen-bond donors (Lipinski definition) is 1. The van der Waals surface area contributed by atoms with Crippen molar-refractivity contribution in [2.24, 2.45) is 0 Å². The van der Waals surface area contributed by atoms with E-state index in [1.54, 1.807) is 0 Å². The molecule has 0 aliphatic carbocycles. The third kappa shape index (κ3) is 3.77. The fourth-order valence-electron chi connectivity index (χ4n) is 2.95. The van der Waals surface area contributed by atoms with Gasteiger partial charge >= 0.3 is 0 Å². The van der Waals surface area contributed by atoms with Crippen LogP contribution in [0.15, 0.2) is 36.4 Å². The van der Waals surface area contributed by atoms with Crippen molar-refractivity contribution in [2.75, 3.05) is 36.5 Å². The number of carbonyl (C=O) groups is 1. The minimum atomic E-state index is -0.621. The van der Waals surface area contributed by atoms with Gasteiger partial charge in [0.15, 0.2) is 5.13 Å². The van der Waals surface area contributed by atoms with Gasteiger partial charge in [-0.25, -0.2) is 4.98 Å². The number of amides is 1. The minimum absolute atomic E-state index is 0.0165. The molecule has 1 saturated heterocycles. The molecule has 4 rings (SSSR count). The number of carbonyl (C=O) groups excluding carboxylic acids is 1. The Balaban J connectivity index is 1.55. The molecule has 1 N–H and O–H groups in total. The molecule has 1 fully saturated rings. The maximum Gasteiger partial charge on any atom is 0.288 e. The molecule has 10 heteroatoms. The second-order valence-electron chi connectivity index (χ2n) is 6.15. The van der Waals surface area contributed by atoms with E-state index in [4.69, 9.17) is 16.3 Å². The second kappa shape index (κ2) is 7.70. The van der Waals surface area contributed by atoms with E-state index in [2.05, 4.69) is 15.2 Å². The first-order chi connectivity index (χ1) is 13.5. The van der Waals surface area contributed by atoms with E-state index in [0.717, 1.165) is 35.1 Å². The zero-order chi connectivity index (χ0) is 19.7. The number of rotatable bonds is 4. The van der Waals surface area contributed by atoms with Crippen molar-refractivity contribution in [3.8, 4) is 0 Å². The largest absolute Gasteiger partial charge is 0.378 e. The lowest BCUT2D eigenvalue weighted by atomic mass is 10.2. The highest BCUT2D eigenvalue weighted by molar-refractivity contribution is 7.22. The van der Waals surface area contributed by atoms with Gasteiger partial charge in [0.05, 0.1) is 28.4 Å². The number of nitrogens with one attached hydrogen (secondary N) is 1. The van der Waals surface area contributed by atoms with Gasteiger partial charge in [-0.1, -0.05) is 22.9 Å². The van der Waals surface area contributed by atoms with Crippen molar-refractivity contribution in [1.82, 2.24) is 4.98 Å². The van der Waals surface area contributed by atoms with Gasteiger partial charge in [0, 0.05) is 30.4 Å².